The number of aryl methyl sites for hydroxylation is 1. The Balaban J connectivity index is 2.23. The number of carbonyl (C=O) groups is 1. The van der Waals surface area contributed by atoms with Crippen molar-refractivity contribution in [3.8, 4) is 0 Å². The van der Waals surface area contributed by atoms with E-state index in [2.05, 4.69) is 11.9 Å². The van der Waals surface area contributed by atoms with Crippen molar-refractivity contribution in [2.45, 2.75) is 25.9 Å². The van der Waals surface area contributed by atoms with Crippen LogP contribution in [0.15, 0.2) is 55.1 Å². The number of hydrogen-bond donors (Lipinski definition) is 1. The zero-order valence-electron chi connectivity index (χ0n) is 13.3. The molecule has 2 rings (SSSR count). The maximum Gasteiger partial charge on any atom is 0.389 e. The van der Waals surface area contributed by atoms with Gasteiger partial charge < -0.3 is 5.32 Å². The molecule has 0 saturated heterocycles. The molecule has 0 saturated carbocycles. The molecule has 1 N–H and O–H groups in total. The summed E-state index contributed by atoms with van der Waals surface area (Å²) in [5, 5.41) is 3.04. The average Bonchev–Trinajstić information content (AvgIpc) is 2.53. The van der Waals surface area contributed by atoms with Crippen LogP contribution in [0.3, 0.4) is 0 Å². The van der Waals surface area contributed by atoms with E-state index < -0.39 is 12.6 Å². The fourth-order valence-electron chi connectivity index (χ4n) is 2.42. The topological polar surface area (TPSA) is 29.1 Å². The first kappa shape index (κ1) is 17.8. The second-order valence-corrected chi connectivity index (χ2v) is 5.48. The highest BCUT2D eigenvalue weighted by Crippen LogP contribution is 2.27. The van der Waals surface area contributed by atoms with Gasteiger partial charge in [0.15, 0.2) is 5.78 Å². The van der Waals surface area contributed by atoms with Crippen molar-refractivity contribution in [2.75, 3.05) is 5.32 Å². The highest BCUT2D eigenvalue weighted by atomic mass is 19.4. The molecule has 0 aromatic heterocycles. The molecule has 0 aliphatic rings. The lowest BCUT2D eigenvalue weighted by atomic mass is 10.0. The molecule has 5 heteroatoms. The molecule has 0 atom stereocenters. The van der Waals surface area contributed by atoms with E-state index in [1.807, 2.05) is 0 Å². The summed E-state index contributed by atoms with van der Waals surface area (Å²) in [5.74, 6) is -0.0982. The maximum atomic E-state index is 12.5. The van der Waals surface area contributed by atoms with Gasteiger partial charge in [-0.15, -0.1) is 0 Å². The predicted molar refractivity (Wildman–Crippen MR) is 89.9 cm³/mol. The fourth-order valence-corrected chi connectivity index (χ4v) is 2.42. The highest BCUT2D eigenvalue weighted by molar-refractivity contribution is 6.00. The van der Waals surface area contributed by atoms with E-state index in [1.54, 1.807) is 48.5 Å². The SMILES string of the molecule is C=C(Nc1ccccc1CCC(F)(F)F)c1ccccc1C(C)=O. The Morgan fingerprint density at radius 2 is 1.62 bits per heavy atom. The predicted octanol–water partition coefficient (Wildman–Crippen LogP) is 5.47. The van der Waals surface area contributed by atoms with Gasteiger partial charge in [0, 0.05) is 28.9 Å². The smallest absolute Gasteiger partial charge is 0.355 e. The molecule has 2 aromatic carbocycles. The van der Waals surface area contributed by atoms with Crippen molar-refractivity contribution in [1.29, 1.82) is 0 Å². The standard InChI is InChI=1S/C19H18F3NO/c1-13(16-8-4-5-9-17(16)14(2)24)23-18-10-6-3-7-15(18)11-12-19(20,21)22/h3-10,23H,1,11-12H2,2H3. The summed E-state index contributed by atoms with van der Waals surface area (Å²) >= 11 is 0. The third kappa shape index (κ3) is 4.72. The van der Waals surface area contributed by atoms with Crippen molar-refractivity contribution in [3.63, 3.8) is 0 Å². The van der Waals surface area contributed by atoms with Gasteiger partial charge in [0.1, 0.15) is 0 Å². The van der Waals surface area contributed by atoms with E-state index in [9.17, 15) is 18.0 Å². The number of para-hydroxylation sites is 1. The largest absolute Gasteiger partial charge is 0.389 e. The van der Waals surface area contributed by atoms with Crippen LogP contribution in [0.1, 0.15) is 34.8 Å². The number of ketones is 1. The van der Waals surface area contributed by atoms with Gasteiger partial charge in [-0.1, -0.05) is 49.0 Å². The molecule has 0 aliphatic heterocycles. The summed E-state index contributed by atoms with van der Waals surface area (Å²) in [6.07, 6.45) is -5.21. The minimum Gasteiger partial charge on any atom is -0.355 e. The maximum absolute atomic E-state index is 12.5. The van der Waals surface area contributed by atoms with E-state index in [4.69, 9.17) is 0 Å². The molecule has 0 bridgehead atoms. The third-order valence-electron chi connectivity index (χ3n) is 3.61. The summed E-state index contributed by atoms with van der Waals surface area (Å²) in [5.41, 5.74) is 2.74. The quantitative estimate of drug-likeness (QED) is 0.711. The second kappa shape index (κ2) is 7.34. The number of halogens is 3. The van der Waals surface area contributed by atoms with E-state index >= 15 is 0 Å². The molecule has 0 amide bonds. The molecule has 24 heavy (non-hydrogen) atoms. The highest BCUT2D eigenvalue weighted by Gasteiger charge is 2.26. The first-order valence-electron chi connectivity index (χ1n) is 7.49. The van der Waals surface area contributed by atoms with Gasteiger partial charge in [0.05, 0.1) is 0 Å². The molecule has 0 radical (unpaired) electrons. The number of nitrogens with one attached hydrogen (secondary N) is 1. The van der Waals surface area contributed by atoms with Gasteiger partial charge >= 0.3 is 6.18 Å². The van der Waals surface area contributed by atoms with Crippen LogP contribution in [-0.2, 0) is 6.42 Å². The second-order valence-electron chi connectivity index (χ2n) is 5.48. The molecular formula is C19H18F3NO. The van der Waals surface area contributed by atoms with Crippen LogP contribution in [0.5, 0.6) is 0 Å². The summed E-state index contributed by atoms with van der Waals surface area (Å²) in [4.78, 5) is 11.7. The van der Waals surface area contributed by atoms with Crippen LogP contribution in [0.25, 0.3) is 5.70 Å². The first-order chi connectivity index (χ1) is 11.3. The monoisotopic (exact) mass is 333 g/mol. The minimum absolute atomic E-state index is 0.0982. The molecule has 0 fully saturated rings. The van der Waals surface area contributed by atoms with Gasteiger partial charge in [-0.2, -0.15) is 13.2 Å². The summed E-state index contributed by atoms with van der Waals surface area (Å²) < 4.78 is 37.4. The van der Waals surface area contributed by atoms with Crippen LogP contribution in [0.4, 0.5) is 18.9 Å². The Hall–Kier alpha value is -2.56. The van der Waals surface area contributed by atoms with Crippen LogP contribution in [0.2, 0.25) is 0 Å². The van der Waals surface area contributed by atoms with Gasteiger partial charge in [-0.25, -0.2) is 0 Å². The van der Waals surface area contributed by atoms with E-state index in [0.29, 0.717) is 28.1 Å². The van der Waals surface area contributed by atoms with E-state index in [0.717, 1.165) is 0 Å². The lowest BCUT2D eigenvalue weighted by Gasteiger charge is -2.16. The van der Waals surface area contributed by atoms with Crippen molar-refractivity contribution in [3.05, 3.63) is 71.8 Å². The van der Waals surface area contributed by atoms with Crippen LogP contribution >= 0.6 is 0 Å². The summed E-state index contributed by atoms with van der Waals surface area (Å²) in [7, 11) is 0. The minimum atomic E-state index is -4.20. The molecule has 0 unspecified atom stereocenters. The molecule has 2 aromatic rings. The first-order valence-corrected chi connectivity index (χ1v) is 7.49. The number of hydrogen-bond acceptors (Lipinski definition) is 2. The number of Topliss-reactive ketones (excluding diaryl/α,β-unsaturated/α-hetero) is 1. The Morgan fingerprint density at radius 1 is 1.04 bits per heavy atom. The van der Waals surface area contributed by atoms with Gasteiger partial charge in [0.25, 0.3) is 0 Å². The third-order valence-corrected chi connectivity index (χ3v) is 3.61. The normalized spacial score (nSPS) is 11.2. The number of anilines is 1. The molecule has 0 aliphatic carbocycles. The Kier molecular flexibility index (Phi) is 5.44. The van der Waals surface area contributed by atoms with Gasteiger partial charge in [-0.3, -0.25) is 4.79 Å². The molecule has 0 heterocycles. The Morgan fingerprint density at radius 3 is 2.25 bits per heavy atom. The number of benzene rings is 2. The summed E-state index contributed by atoms with van der Waals surface area (Å²) in [6, 6.07) is 13.8. The molecular weight excluding hydrogens is 315 g/mol. The van der Waals surface area contributed by atoms with E-state index in [-0.39, 0.29) is 12.2 Å². The van der Waals surface area contributed by atoms with Crippen LogP contribution in [0, 0.1) is 0 Å². The van der Waals surface area contributed by atoms with Gasteiger partial charge in [-0.05, 0) is 25.0 Å². The fraction of sp³-hybridized carbons (Fsp3) is 0.211. The Labute approximate surface area is 139 Å². The lowest BCUT2D eigenvalue weighted by Crippen LogP contribution is -2.10. The molecule has 2 nitrogen and oxygen atoms in total. The van der Waals surface area contributed by atoms with E-state index in [1.165, 1.54) is 6.92 Å². The van der Waals surface area contributed by atoms with Crippen LogP contribution in [-0.4, -0.2) is 12.0 Å². The van der Waals surface area contributed by atoms with Crippen molar-refractivity contribution >= 4 is 17.2 Å². The lowest BCUT2D eigenvalue weighted by molar-refractivity contribution is -0.133. The average molecular weight is 333 g/mol. The van der Waals surface area contributed by atoms with Gasteiger partial charge in [0.2, 0.25) is 0 Å². The molecule has 0 spiro atoms. The zero-order valence-corrected chi connectivity index (χ0v) is 13.3. The van der Waals surface area contributed by atoms with Crippen molar-refractivity contribution in [1.82, 2.24) is 0 Å². The van der Waals surface area contributed by atoms with Crippen LogP contribution < -0.4 is 5.32 Å². The Bertz CT molecular complexity index is 750. The molecule has 126 valence electrons. The number of carbonyl (C=O) groups excluding carboxylic acids is 1. The summed E-state index contributed by atoms with van der Waals surface area (Å²) in [6.45, 7) is 5.39. The number of alkyl halides is 3. The number of rotatable bonds is 6. The van der Waals surface area contributed by atoms with Crippen molar-refractivity contribution in [2.24, 2.45) is 0 Å². The van der Waals surface area contributed by atoms with Crippen molar-refractivity contribution < 1.29 is 18.0 Å². The zero-order chi connectivity index (χ0) is 17.7.